The van der Waals surface area contributed by atoms with Gasteiger partial charge in [0.2, 0.25) is 5.91 Å². The zero-order valence-electron chi connectivity index (χ0n) is 18.4. The zero-order valence-corrected chi connectivity index (χ0v) is 19.2. The Kier molecular flexibility index (Phi) is 6.13. The molecule has 1 N–H and O–H groups in total. The molecule has 4 aromatic rings. The van der Waals surface area contributed by atoms with E-state index in [1.165, 1.54) is 17.8 Å². The molecule has 0 unspecified atom stereocenters. The molecule has 1 amide bonds. The molecule has 7 nitrogen and oxygen atoms in total. The molecule has 5 rings (SSSR count). The molecule has 0 saturated carbocycles. The second kappa shape index (κ2) is 9.35. The van der Waals surface area contributed by atoms with E-state index in [0.717, 1.165) is 60.8 Å². The summed E-state index contributed by atoms with van der Waals surface area (Å²) >= 11 is 1.39. The Hall–Kier alpha value is -3.20. The second-order valence-corrected chi connectivity index (χ2v) is 9.00. The summed E-state index contributed by atoms with van der Waals surface area (Å²) < 4.78 is 18.8. The van der Waals surface area contributed by atoms with Gasteiger partial charge < -0.3 is 14.5 Å². The highest BCUT2D eigenvalue weighted by molar-refractivity contribution is 7.99. The largest absolute Gasteiger partial charge is 0.325 e. The molecule has 3 heterocycles. The fourth-order valence-electron chi connectivity index (χ4n) is 4.26. The van der Waals surface area contributed by atoms with Crippen LogP contribution in [0.25, 0.3) is 22.4 Å². The van der Waals surface area contributed by atoms with Gasteiger partial charge in [0.1, 0.15) is 11.6 Å². The van der Waals surface area contributed by atoms with E-state index < -0.39 is 0 Å². The van der Waals surface area contributed by atoms with Crippen molar-refractivity contribution in [3.05, 3.63) is 54.1 Å². The van der Waals surface area contributed by atoms with Gasteiger partial charge in [-0.2, -0.15) is 0 Å². The average Bonchev–Trinajstić information content (AvgIpc) is 3.31. The summed E-state index contributed by atoms with van der Waals surface area (Å²) in [4.78, 5) is 17.3. The molecule has 0 saturated heterocycles. The predicted octanol–water partition coefficient (Wildman–Crippen LogP) is 4.91. The van der Waals surface area contributed by atoms with Gasteiger partial charge in [0.25, 0.3) is 0 Å². The number of hydrogen-bond donors (Lipinski definition) is 1. The van der Waals surface area contributed by atoms with Gasteiger partial charge in [0, 0.05) is 25.2 Å². The monoisotopic (exact) mass is 464 g/mol. The number of aryl methyl sites for hydroxylation is 2. The topological polar surface area (TPSA) is 77.6 Å². The number of carbonyl (C=O) groups excluding carboxylic acids is 1. The van der Waals surface area contributed by atoms with Crippen LogP contribution in [0.1, 0.15) is 32.0 Å². The van der Waals surface area contributed by atoms with E-state index in [-0.39, 0.29) is 17.5 Å². The Morgan fingerprint density at radius 1 is 1.15 bits per heavy atom. The summed E-state index contributed by atoms with van der Waals surface area (Å²) in [5.74, 6) is 1.07. The lowest BCUT2D eigenvalue weighted by Crippen LogP contribution is -2.15. The van der Waals surface area contributed by atoms with E-state index in [4.69, 9.17) is 0 Å². The van der Waals surface area contributed by atoms with Crippen LogP contribution in [-0.4, -0.2) is 36.0 Å². The Bertz CT molecular complexity index is 1310. The highest BCUT2D eigenvalue weighted by Gasteiger charge is 2.19. The van der Waals surface area contributed by atoms with E-state index in [1.807, 2.05) is 28.8 Å². The molecule has 1 aliphatic rings. The first-order chi connectivity index (χ1) is 16.1. The van der Waals surface area contributed by atoms with Crippen LogP contribution in [-0.2, 0) is 24.3 Å². The van der Waals surface area contributed by atoms with Gasteiger partial charge in [-0.15, -0.1) is 10.2 Å². The first kappa shape index (κ1) is 21.6. The first-order valence-electron chi connectivity index (χ1n) is 11.2. The Morgan fingerprint density at radius 2 is 2.03 bits per heavy atom. The van der Waals surface area contributed by atoms with E-state index >= 15 is 0 Å². The van der Waals surface area contributed by atoms with Crippen molar-refractivity contribution in [2.24, 2.45) is 0 Å². The van der Waals surface area contributed by atoms with E-state index in [2.05, 4.69) is 32.0 Å². The number of fused-ring (bicyclic) bond motifs is 2. The molecule has 0 spiro atoms. The zero-order chi connectivity index (χ0) is 22.8. The van der Waals surface area contributed by atoms with Gasteiger partial charge in [-0.05, 0) is 50.1 Å². The molecule has 0 atom stereocenters. The lowest BCUT2D eigenvalue weighted by atomic mass is 10.1. The van der Waals surface area contributed by atoms with E-state index in [1.54, 1.807) is 12.1 Å². The van der Waals surface area contributed by atoms with Crippen LogP contribution in [0.3, 0.4) is 0 Å². The van der Waals surface area contributed by atoms with Crippen LogP contribution in [0.4, 0.5) is 10.1 Å². The SMILES string of the molecule is CCn1c(SCC(=O)Nc2ccc(F)c(-c3nnc4n3CCCCC4)c2)nc2ccccc21. The molecule has 170 valence electrons. The van der Waals surface area contributed by atoms with Crippen molar-refractivity contribution in [1.29, 1.82) is 0 Å². The lowest BCUT2D eigenvalue weighted by molar-refractivity contribution is -0.113. The molecular formula is C24H25FN6OS. The Balaban J connectivity index is 1.31. The van der Waals surface area contributed by atoms with Gasteiger partial charge in [0.15, 0.2) is 11.0 Å². The molecule has 0 bridgehead atoms. The minimum Gasteiger partial charge on any atom is -0.325 e. The molecule has 2 aromatic carbocycles. The minimum absolute atomic E-state index is 0.174. The lowest BCUT2D eigenvalue weighted by Gasteiger charge is -2.11. The molecule has 0 radical (unpaired) electrons. The summed E-state index contributed by atoms with van der Waals surface area (Å²) in [5.41, 5.74) is 2.86. The highest BCUT2D eigenvalue weighted by atomic mass is 32.2. The highest BCUT2D eigenvalue weighted by Crippen LogP contribution is 2.28. The second-order valence-electron chi connectivity index (χ2n) is 8.06. The third-order valence-electron chi connectivity index (χ3n) is 5.87. The number of hydrogen-bond acceptors (Lipinski definition) is 5. The molecule has 9 heteroatoms. The third-order valence-corrected chi connectivity index (χ3v) is 6.85. The normalized spacial score (nSPS) is 13.6. The van der Waals surface area contributed by atoms with Crippen LogP contribution >= 0.6 is 11.8 Å². The summed E-state index contributed by atoms with van der Waals surface area (Å²) in [6, 6.07) is 12.5. The van der Waals surface area contributed by atoms with Crippen molar-refractivity contribution in [3.63, 3.8) is 0 Å². The van der Waals surface area contributed by atoms with Crippen LogP contribution in [0.5, 0.6) is 0 Å². The van der Waals surface area contributed by atoms with Crippen molar-refractivity contribution in [3.8, 4) is 11.4 Å². The predicted molar refractivity (Wildman–Crippen MR) is 128 cm³/mol. The number of amides is 1. The standard InChI is InChI=1S/C24H25FN6OS/c1-2-30-20-9-6-5-8-19(20)27-24(30)33-15-22(32)26-16-11-12-18(25)17(14-16)23-29-28-21-10-4-3-7-13-31(21)23/h5-6,8-9,11-12,14H,2-4,7,10,13,15H2,1H3,(H,26,32). The average molecular weight is 465 g/mol. The van der Waals surface area contributed by atoms with E-state index in [9.17, 15) is 9.18 Å². The number of rotatable bonds is 6. The number of thioether (sulfide) groups is 1. The number of halogens is 1. The number of aromatic nitrogens is 5. The minimum atomic E-state index is -0.376. The molecule has 33 heavy (non-hydrogen) atoms. The van der Waals surface area contributed by atoms with Crippen molar-refractivity contribution in [2.75, 3.05) is 11.1 Å². The van der Waals surface area contributed by atoms with Crippen LogP contribution < -0.4 is 5.32 Å². The third kappa shape index (κ3) is 4.37. The number of para-hydroxylation sites is 2. The van der Waals surface area contributed by atoms with Crippen molar-refractivity contribution in [2.45, 2.75) is 50.9 Å². The number of imidazole rings is 1. The molecule has 2 aromatic heterocycles. The maximum atomic E-state index is 14.7. The van der Waals surface area contributed by atoms with Gasteiger partial charge in [-0.25, -0.2) is 9.37 Å². The van der Waals surface area contributed by atoms with Gasteiger partial charge in [-0.3, -0.25) is 4.79 Å². The molecule has 0 fully saturated rings. The van der Waals surface area contributed by atoms with Crippen LogP contribution in [0.2, 0.25) is 0 Å². The quantitative estimate of drug-likeness (QED) is 0.410. The number of benzene rings is 2. The van der Waals surface area contributed by atoms with Crippen molar-refractivity contribution in [1.82, 2.24) is 24.3 Å². The number of nitrogens with one attached hydrogen (secondary N) is 1. The number of nitrogens with zero attached hydrogens (tertiary/aromatic N) is 5. The smallest absolute Gasteiger partial charge is 0.234 e. The number of anilines is 1. The summed E-state index contributed by atoms with van der Waals surface area (Å²) in [6.45, 7) is 3.61. The summed E-state index contributed by atoms with van der Waals surface area (Å²) in [6.07, 6.45) is 4.08. The van der Waals surface area contributed by atoms with Crippen LogP contribution in [0.15, 0.2) is 47.6 Å². The Morgan fingerprint density at radius 3 is 2.91 bits per heavy atom. The van der Waals surface area contributed by atoms with E-state index in [0.29, 0.717) is 17.1 Å². The van der Waals surface area contributed by atoms with Gasteiger partial charge >= 0.3 is 0 Å². The van der Waals surface area contributed by atoms with Gasteiger partial charge in [-0.1, -0.05) is 30.3 Å². The Labute approximate surface area is 195 Å². The maximum Gasteiger partial charge on any atom is 0.234 e. The van der Waals surface area contributed by atoms with Crippen molar-refractivity contribution >= 4 is 34.4 Å². The van der Waals surface area contributed by atoms with Crippen LogP contribution in [0, 0.1) is 5.82 Å². The fourth-order valence-corrected chi connectivity index (χ4v) is 5.13. The summed E-state index contributed by atoms with van der Waals surface area (Å²) in [5, 5.41) is 12.2. The molecular weight excluding hydrogens is 439 g/mol. The molecule has 0 aliphatic carbocycles. The maximum absolute atomic E-state index is 14.7. The molecule has 1 aliphatic heterocycles. The van der Waals surface area contributed by atoms with Crippen molar-refractivity contribution < 1.29 is 9.18 Å². The fraction of sp³-hybridized carbons (Fsp3) is 0.333. The number of carbonyl (C=O) groups is 1. The first-order valence-corrected chi connectivity index (χ1v) is 12.2. The van der Waals surface area contributed by atoms with Gasteiger partial charge in [0.05, 0.1) is 22.3 Å². The summed E-state index contributed by atoms with van der Waals surface area (Å²) in [7, 11) is 0.